The number of rotatable bonds is 5. The quantitative estimate of drug-likeness (QED) is 0.533. The summed E-state index contributed by atoms with van der Waals surface area (Å²) in [6.45, 7) is 3.01. The van der Waals surface area contributed by atoms with Crippen molar-refractivity contribution in [1.29, 1.82) is 0 Å². The van der Waals surface area contributed by atoms with Gasteiger partial charge in [-0.1, -0.05) is 5.21 Å². The first-order chi connectivity index (χ1) is 17.0. The molecule has 12 heteroatoms. The Kier molecular flexibility index (Phi) is 5.33. The van der Waals surface area contributed by atoms with Crippen LogP contribution in [0.4, 0.5) is 0 Å². The van der Waals surface area contributed by atoms with Gasteiger partial charge < -0.3 is 19.9 Å². The van der Waals surface area contributed by atoms with Crippen molar-refractivity contribution >= 4 is 23.6 Å². The van der Waals surface area contributed by atoms with Crippen molar-refractivity contribution in [2.45, 2.75) is 43.9 Å². The molecule has 0 saturated carbocycles. The highest BCUT2D eigenvalue weighted by Gasteiger charge is 2.39. The van der Waals surface area contributed by atoms with Gasteiger partial charge in [0, 0.05) is 50.3 Å². The average Bonchev–Trinajstić information content (AvgIpc) is 3.56. The van der Waals surface area contributed by atoms with Crippen molar-refractivity contribution in [1.82, 2.24) is 35.4 Å². The zero-order chi connectivity index (χ0) is 24.1. The second-order valence-corrected chi connectivity index (χ2v) is 9.42. The van der Waals surface area contributed by atoms with Crippen molar-refractivity contribution in [3.63, 3.8) is 0 Å². The molecule has 2 atom stereocenters. The summed E-state index contributed by atoms with van der Waals surface area (Å²) >= 11 is 0. The number of piperidine rings is 1. The fourth-order valence-electron chi connectivity index (χ4n) is 5.10. The monoisotopic (exact) mass is 479 g/mol. The number of hydrogen-bond acceptors (Lipinski definition) is 8. The van der Waals surface area contributed by atoms with Gasteiger partial charge in [0.05, 0.1) is 18.5 Å². The average molecular weight is 479 g/mol. The number of nitrogens with zero attached hydrogens (tertiary/aromatic N) is 5. The van der Waals surface area contributed by atoms with Gasteiger partial charge in [-0.05, 0) is 36.6 Å². The number of hydrogen-bond donors (Lipinski definition) is 2. The smallest absolute Gasteiger partial charge is 0.276 e. The molecule has 0 radical (unpaired) electrons. The summed E-state index contributed by atoms with van der Waals surface area (Å²) in [5.74, 6) is -1.16. The van der Waals surface area contributed by atoms with E-state index in [4.69, 9.17) is 4.74 Å². The molecular formula is C23H25N7O5. The second kappa shape index (κ2) is 8.54. The van der Waals surface area contributed by atoms with Gasteiger partial charge in [-0.15, -0.1) is 5.10 Å². The van der Waals surface area contributed by atoms with E-state index in [9.17, 15) is 19.2 Å². The predicted octanol–water partition coefficient (Wildman–Crippen LogP) is -0.769. The van der Waals surface area contributed by atoms with Crippen LogP contribution in [0.3, 0.4) is 0 Å². The van der Waals surface area contributed by atoms with Gasteiger partial charge in [0.25, 0.3) is 11.8 Å². The number of likely N-dealkylation sites (tertiary alicyclic amines) is 1. The molecule has 3 fully saturated rings. The van der Waals surface area contributed by atoms with Gasteiger partial charge in [0.15, 0.2) is 5.69 Å². The maximum Gasteiger partial charge on any atom is 0.276 e. The summed E-state index contributed by atoms with van der Waals surface area (Å²) < 4.78 is 6.89. The normalized spacial score (nSPS) is 24.5. The first-order valence-electron chi connectivity index (χ1n) is 11.8. The Labute approximate surface area is 200 Å². The van der Waals surface area contributed by atoms with Crippen LogP contribution in [0.25, 0.3) is 5.69 Å². The minimum Gasteiger partial charge on any atom is -0.380 e. The van der Waals surface area contributed by atoms with E-state index in [-0.39, 0.29) is 42.4 Å². The molecule has 5 heterocycles. The number of benzene rings is 1. The van der Waals surface area contributed by atoms with Crippen molar-refractivity contribution in [2.24, 2.45) is 0 Å². The van der Waals surface area contributed by atoms with Crippen LogP contribution in [0.2, 0.25) is 0 Å². The van der Waals surface area contributed by atoms with E-state index in [1.807, 2.05) is 6.07 Å². The Bertz CT molecular complexity index is 1210. The third-order valence-corrected chi connectivity index (χ3v) is 7.05. The van der Waals surface area contributed by atoms with Gasteiger partial charge >= 0.3 is 0 Å². The van der Waals surface area contributed by atoms with Crippen LogP contribution in [0.15, 0.2) is 24.4 Å². The molecule has 1 aromatic carbocycles. The molecule has 0 spiro atoms. The summed E-state index contributed by atoms with van der Waals surface area (Å²) in [5, 5.41) is 14.0. The van der Waals surface area contributed by atoms with E-state index in [2.05, 4.69) is 20.9 Å². The molecule has 0 bridgehead atoms. The Balaban J connectivity index is 1.11. The number of imide groups is 1. The Morgan fingerprint density at radius 3 is 2.77 bits per heavy atom. The molecule has 12 nitrogen and oxygen atoms in total. The fraction of sp³-hybridized carbons (Fsp3) is 0.478. The van der Waals surface area contributed by atoms with E-state index in [0.29, 0.717) is 36.8 Å². The molecule has 1 aromatic heterocycles. The van der Waals surface area contributed by atoms with Crippen LogP contribution in [0, 0.1) is 0 Å². The van der Waals surface area contributed by atoms with Gasteiger partial charge in [0.2, 0.25) is 11.8 Å². The van der Waals surface area contributed by atoms with Crippen molar-refractivity contribution in [3.8, 4) is 5.69 Å². The lowest BCUT2D eigenvalue weighted by molar-refractivity contribution is -0.136. The summed E-state index contributed by atoms with van der Waals surface area (Å²) in [5.41, 5.74) is 2.20. The summed E-state index contributed by atoms with van der Waals surface area (Å²) in [7, 11) is 0. The molecule has 35 heavy (non-hydrogen) atoms. The Morgan fingerprint density at radius 2 is 2.00 bits per heavy atom. The van der Waals surface area contributed by atoms with Crippen LogP contribution in [0.1, 0.15) is 45.7 Å². The number of ether oxygens (including phenoxy) is 1. The number of amides is 4. The van der Waals surface area contributed by atoms with Crippen molar-refractivity contribution in [2.75, 3.05) is 26.3 Å². The molecule has 4 amide bonds. The first-order valence-corrected chi connectivity index (χ1v) is 11.8. The lowest BCUT2D eigenvalue weighted by Crippen LogP contribution is -2.61. The van der Waals surface area contributed by atoms with E-state index in [1.54, 1.807) is 23.2 Å². The number of aromatic nitrogens is 3. The summed E-state index contributed by atoms with van der Waals surface area (Å²) in [4.78, 5) is 52.6. The van der Waals surface area contributed by atoms with E-state index < -0.39 is 11.9 Å². The third-order valence-electron chi connectivity index (χ3n) is 7.05. The molecule has 2 N–H and O–H groups in total. The molecule has 0 aliphatic carbocycles. The number of fused-ring (bicyclic) bond motifs is 1. The van der Waals surface area contributed by atoms with Crippen LogP contribution in [-0.4, -0.2) is 92.9 Å². The number of carbonyl (C=O) groups excluding carboxylic acids is 4. The molecule has 6 rings (SSSR count). The molecular weight excluding hydrogens is 454 g/mol. The lowest BCUT2D eigenvalue weighted by Gasteiger charge is -2.40. The molecule has 3 saturated heterocycles. The van der Waals surface area contributed by atoms with E-state index >= 15 is 0 Å². The van der Waals surface area contributed by atoms with Crippen LogP contribution >= 0.6 is 0 Å². The summed E-state index contributed by atoms with van der Waals surface area (Å²) in [6.07, 6.45) is 3.11. The fourth-order valence-corrected chi connectivity index (χ4v) is 5.10. The van der Waals surface area contributed by atoms with Crippen molar-refractivity contribution in [3.05, 3.63) is 41.2 Å². The second-order valence-electron chi connectivity index (χ2n) is 9.42. The first kappa shape index (κ1) is 21.9. The molecule has 182 valence electrons. The number of nitrogens with one attached hydrogen (secondary N) is 2. The zero-order valence-corrected chi connectivity index (χ0v) is 19.0. The number of carbonyl (C=O) groups is 4. The third kappa shape index (κ3) is 3.98. The standard InChI is InChI=1S/C23H25N7O5/c31-20-4-3-19(21(32)25-20)29-8-13-7-16(1-2-17(13)22(29)33)30-11-18(26-27-30)23(34)28-9-15(10-28)24-14-5-6-35-12-14/h1-2,7,11,14-15,19,24H,3-6,8-10,12H2,(H,25,31,32). The largest absolute Gasteiger partial charge is 0.380 e. The highest BCUT2D eigenvalue weighted by atomic mass is 16.5. The van der Waals surface area contributed by atoms with Crippen LogP contribution in [-0.2, 0) is 20.9 Å². The molecule has 4 aliphatic heterocycles. The lowest BCUT2D eigenvalue weighted by atomic mass is 10.0. The zero-order valence-electron chi connectivity index (χ0n) is 19.0. The predicted molar refractivity (Wildman–Crippen MR) is 119 cm³/mol. The van der Waals surface area contributed by atoms with Crippen LogP contribution in [0.5, 0.6) is 0 Å². The Morgan fingerprint density at radius 1 is 1.14 bits per heavy atom. The molecule has 4 aliphatic rings. The van der Waals surface area contributed by atoms with Crippen LogP contribution < -0.4 is 10.6 Å². The molecule has 2 aromatic rings. The summed E-state index contributed by atoms with van der Waals surface area (Å²) in [6, 6.07) is 5.21. The van der Waals surface area contributed by atoms with E-state index in [1.165, 1.54) is 9.58 Å². The highest BCUT2D eigenvalue weighted by Crippen LogP contribution is 2.29. The van der Waals surface area contributed by atoms with Gasteiger partial charge in [-0.3, -0.25) is 24.5 Å². The maximum atomic E-state index is 12.9. The van der Waals surface area contributed by atoms with Gasteiger partial charge in [-0.2, -0.15) is 0 Å². The topological polar surface area (TPSA) is 139 Å². The molecule has 2 unspecified atom stereocenters. The maximum absolute atomic E-state index is 12.9. The highest BCUT2D eigenvalue weighted by molar-refractivity contribution is 6.05. The SMILES string of the molecule is O=C1CCC(N2Cc3cc(-n4cc(C(=O)N5CC(NC6CCOC6)C5)nn4)ccc3C2=O)C(=O)N1. The Hall–Kier alpha value is -3.64. The van der Waals surface area contributed by atoms with Gasteiger partial charge in [-0.25, -0.2) is 4.68 Å². The van der Waals surface area contributed by atoms with Crippen molar-refractivity contribution < 1.29 is 23.9 Å². The van der Waals surface area contributed by atoms with Gasteiger partial charge in [0.1, 0.15) is 6.04 Å². The minimum atomic E-state index is -0.664. The van der Waals surface area contributed by atoms with E-state index in [0.717, 1.165) is 25.2 Å². The minimum absolute atomic E-state index is 0.169.